The van der Waals surface area contributed by atoms with Crippen LogP contribution in [0.4, 0.5) is 5.69 Å². The van der Waals surface area contributed by atoms with Crippen LogP contribution < -0.4 is 10.6 Å². The third kappa shape index (κ3) is 4.05. The summed E-state index contributed by atoms with van der Waals surface area (Å²) in [5.74, 6) is -0.0904. The highest BCUT2D eigenvalue weighted by Gasteiger charge is 2.14. The summed E-state index contributed by atoms with van der Waals surface area (Å²) in [6, 6.07) is 13.1. The molecule has 0 saturated heterocycles. The van der Waals surface area contributed by atoms with Crippen molar-refractivity contribution in [3.63, 3.8) is 0 Å². The predicted octanol–water partition coefficient (Wildman–Crippen LogP) is 3.39. The van der Waals surface area contributed by atoms with Gasteiger partial charge in [0.05, 0.1) is 17.3 Å². The van der Waals surface area contributed by atoms with Crippen molar-refractivity contribution in [2.24, 2.45) is 0 Å². The minimum Gasteiger partial charge on any atom is -0.384 e. The molecule has 1 atom stereocenters. The van der Waals surface area contributed by atoms with Crippen LogP contribution in [-0.2, 0) is 0 Å². The average Bonchev–Trinajstić information content (AvgIpc) is 2.54. The van der Waals surface area contributed by atoms with E-state index in [1.54, 1.807) is 6.20 Å². The second-order valence-electron chi connectivity index (χ2n) is 4.92. The highest BCUT2D eigenvalue weighted by Crippen LogP contribution is 2.17. The number of aromatic nitrogens is 1. The van der Waals surface area contributed by atoms with E-state index in [1.807, 2.05) is 49.4 Å². The van der Waals surface area contributed by atoms with Crippen LogP contribution in [0.25, 0.3) is 0 Å². The highest BCUT2D eigenvalue weighted by atomic mass is 16.1. The van der Waals surface area contributed by atoms with Crippen LogP contribution in [0.5, 0.6) is 0 Å². The van der Waals surface area contributed by atoms with Gasteiger partial charge in [0.1, 0.15) is 0 Å². The van der Waals surface area contributed by atoms with E-state index in [1.165, 1.54) is 0 Å². The molecule has 0 spiro atoms. The molecule has 0 aliphatic carbocycles. The van der Waals surface area contributed by atoms with Crippen LogP contribution in [0.1, 0.15) is 42.4 Å². The molecule has 1 aromatic heterocycles. The number of hydrogen-bond donors (Lipinski definition) is 2. The van der Waals surface area contributed by atoms with Gasteiger partial charge in [-0.15, -0.1) is 0 Å². The van der Waals surface area contributed by atoms with Crippen molar-refractivity contribution in [1.29, 1.82) is 0 Å². The molecular weight excluding hydrogens is 262 g/mol. The molecule has 0 aliphatic rings. The molecule has 2 aromatic rings. The van der Waals surface area contributed by atoms with Gasteiger partial charge >= 0.3 is 0 Å². The molecular formula is C17H21N3O. The van der Waals surface area contributed by atoms with E-state index in [-0.39, 0.29) is 11.9 Å². The SMILES string of the molecule is CCCNc1ccccc1C(=O)N[C@@H](C)c1ccccn1. The molecule has 4 nitrogen and oxygen atoms in total. The van der Waals surface area contributed by atoms with Crippen molar-refractivity contribution in [2.75, 3.05) is 11.9 Å². The molecule has 0 bridgehead atoms. The second-order valence-corrected chi connectivity index (χ2v) is 4.92. The molecule has 21 heavy (non-hydrogen) atoms. The van der Waals surface area contributed by atoms with E-state index in [4.69, 9.17) is 0 Å². The molecule has 2 rings (SSSR count). The third-order valence-corrected chi connectivity index (χ3v) is 3.22. The number of pyridine rings is 1. The molecule has 0 saturated carbocycles. The lowest BCUT2D eigenvalue weighted by Crippen LogP contribution is -2.28. The Balaban J connectivity index is 2.10. The van der Waals surface area contributed by atoms with Crippen molar-refractivity contribution in [3.05, 3.63) is 59.9 Å². The molecule has 1 aromatic carbocycles. The van der Waals surface area contributed by atoms with Gasteiger partial charge < -0.3 is 10.6 Å². The topological polar surface area (TPSA) is 54.0 Å². The first-order valence-electron chi connectivity index (χ1n) is 7.27. The second kappa shape index (κ2) is 7.43. The van der Waals surface area contributed by atoms with Gasteiger partial charge in [-0.2, -0.15) is 0 Å². The Labute approximate surface area is 125 Å². The quantitative estimate of drug-likeness (QED) is 0.854. The summed E-state index contributed by atoms with van der Waals surface area (Å²) in [4.78, 5) is 16.7. The predicted molar refractivity (Wildman–Crippen MR) is 85.3 cm³/mol. The maximum absolute atomic E-state index is 12.4. The number of para-hydroxylation sites is 1. The van der Waals surface area contributed by atoms with Gasteiger partial charge in [0.2, 0.25) is 0 Å². The van der Waals surface area contributed by atoms with Crippen molar-refractivity contribution < 1.29 is 4.79 Å². The summed E-state index contributed by atoms with van der Waals surface area (Å²) in [6.45, 7) is 4.88. The zero-order valence-electron chi connectivity index (χ0n) is 12.5. The van der Waals surface area contributed by atoms with Gasteiger partial charge in [-0.1, -0.05) is 25.1 Å². The molecule has 0 aliphatic heterocycles. The van der Waals surface area contributed by atoms with E-state index >= 15 is 0 Å². The lowest BCUT2D eigenvalue weighted by Gasteiger charge is -2.16. The summed E-state index contributed by atoms with van der Waals surface area (Å²) in [5.41, 5.74) is 2.38. The molecule has 1 amide bonds. The summed E-state index contributed by atoms with van der Waals surface area (Å²) in [5, 5.41) is 6.27. The fourth-order valence-electron chi connectivity index (χ4n) is 2.08. The van der Waals surface area contributed by atoms with Gasteiger partial charge in [-0.25, -0.2) is 0 Å². The van der Waals surface area contributed by atoms with Crippen molar-refractivity contribution in [3.8, 4) is 0 Å². The normalized spacial score (nSPS) is 11.7. The average molecular weight is 283 g/mol. The fraction of sp³-hybridized carbons (Fsp3) is 0.294. The number of carbonyl (C=O) groups is 1. The van der Waals surface area contributed by atoms with Gasteiger partial charge in [0.25, 0.3) is 5.91 Å². The minimum absolute atomic E-state index is 0.0904. The number of amides is 1. The Kier molecular flexibility index (Phi) is 5.32. The van der Waals surface area contributed by atoms with E-state index < -0.39 is 0 Å². The Bertz CT molecular complexity index is 584. The summed E-state index contributed by atoms with van der Waals surface area (Å²) in [7, 11) is 0. The molecule has 1 heterocycles. The smallest absolute Gasteiger partial charge is 0.253 e. The van der Waals surface area contributed by atoms with Crippen molar-refractivity contribution >= 4 is 11.6 Å². The molecule has 2 N–H and O–H groups in total. The number of anilines is 1. The Morgan fingerprint density at radius 1 is 1.19 bits per heavy atom. The monoisotopic (exact) mass is 283 g/mol. The summed E-state index contributed by atoms with van der Waals surface area (Å²) >= 11 is 0. The fourth-order valence-corrected chi connectivity index (χ4v) is 2.08. The Hall–Kier alpha value is -2.36. The number of nitrogens with one attached hydrogen (secondary N) is 2. The van der Waals surface area contributed by atoms with E-state index in [9.17, 15) is 4.79 Å². The zero-order chi connectivity index (χ0) is 15.1. The molecule has 4 heteroatoms. The van der Waals surface area contributed by atoms with Crippen LogP contribution in [0.15, 0.2) is 48.7 Å². The molecule has 0 unspecified atom stereocenters. The lowest BCUT2D eigenvalue weighted by molar-refractivity contribution is 0.0940. The van der Waals surface area contributed by atoms with Gasteiger partial charge in [0.15, 0.2) is 0 Å². The number of carbonyl (C=O) groups excluding carboxylic acids is 1. The first-order chi connectivity index (χ1) is 10.2. The number of rotatable bonds is 6. The zero-order valence-corrected chi connectivity index (χ0v) is 12.5. The van der Waals surface area contributed by atoms with E-state index in [0.29, 0.717) is 5.56 Å². The first-order valence-corrected chi connectivity index (χ1v) is 7.27. The largest absolute Gasteiger partial charge is 0.384 e. The van der Waals surface area contributed by atoms with E-state index in [2.05, 4.69) is 22.5 Å². The maximum Gasteiger partial charge on any atom is 0.253 e. The van der Waals surface area contributed by atoms with Crippen LogP contribution in [0.3, 0.4) is 0 Å². The highest BCUT2D eigenvalue weighted by molar-refractivity contribution is 5.99. The van der Waals surface area contributed by atoms with Gasteiger partial charge in [-0.3, -0.25) is 9.78 Å². The van der Waals surface area contributed by atoms with Crippen LogP contribution in [0.2, 0.25) is 0 Å². The minimum atomic E-state index is -0.127. The molecule has 0 fully saturated rings. The molecule has 110 valence electrons. The van der Waals surface area contributed by atoms with Crippen LogP contribution >= 0.6 is 0 Å². The van der Waals surface area contributed by atoms with Crippen molar-refractivity contribution in [2.45, 2.75) is 26.3 Å². The van der Waals surface area contributed by atoms with Crippen molar-refractivity contribution in [1.82, 2.24) is 10.3 Å². The van der Waals surface area contributed by atoms with Gasteiger partial charge in [-0.05, 0) is 37.6 Å². The standard InChI is InChI=1S/C17H21N3O/c1-3-11-18-16-10-5-4-8-14(16)17(21)20-13(2)15-9-6-7-12-19-15/h4-10,12-13,18H,3,11H2,1-2H3,(H,20,21)/t13-/m0/s1. The maximum atomic E-state index is 12.4. The first kappa shape index (κ1) is 15.0. The summed E-state index contributed by atoms with van der Waals surface area (Å²) < 4.78 is 0. The number of benzene rings is 1. The Morgan fingerprint density at radius 2 is 1.95 bits per heavy atom. The molecule has 0 radical (unpaired) electrons. The summed E-state index contributed by atoms with van der Waals surface area (Å²) in [6.07, 6.45) is 2.75. The number of nitrogens with zero attached hydrogens (tertiary/aromatic N) is 1. The Morgan fingerprint density at radius 3 is 2.67 bits per heavy atom. The third-order valence-electron chi connectivity index (χ3n) is 3.22. The number of hydrogen-bond acceptors (Lipinski definition) is 3. The van der Waals surface area contributed by atoms with Crippen LogP contribution in [0, 0.1) is 0 Å². The van der Waals surface area contributed by atoms with Crippen LogP contribution in [-0.4, -0.2) is 17.4 Å². The lowest BCUT2D eigenvalue weighted by atomic mass is 10.1. The van der Waals surface area contributed by atoms with Gasteiger partial charge in [0, 0.05) is 18.4 Å². The van der Waals surface area contributed by atoms with E-state index in [0.717, 1.165) is 24.3 Å².